The van der Waals surface area contributed by atoms with Gasteiger partial charge in [-0.1, -0.05) is 0 Å². The second-order valence-corrected chi connectivity index (χ2v) is 7.78. The maximum absolute atomic E-state index is 4.91. The van der Waals surface area contributed by atoms with Gasteiger partial charge >= 0.3 is 0 Å². The second kappa shape index (κ2) is 6.59. The first-order chi connectivity index (χ1) is 10.9. The lowest BCUT2D eigenvalue weighted by Crippen LogP contribution is -2.32. The Balaban J connectivity index is 1.63. The molecule has 5 heteroatoms. The van der Waals surface area contributed by atoms with E-state index in [-0.39, 0.29) is 0 Å². The van der Waals surface area contributed by atoms with E-state index in [1.54, 1.807) is 0 Å². The van der Waals surface area contributed by atoms with Crippen LogP contribution >= 0.6 is 11.8 Å². The van der Waals surface area contributed by atoms with Crippen molar-refractivity contribution >= 4 is 22.9 Å². The Labute approximate surface area is 136 Å². The lowest BCUT2D eigenvalue weighted by Gasteiger charge is -2.24. The number of hydrogen-bond acceptors (Lipinski definition) is 4. The van der Waals surface area contributed by atoms with E-state index in [0.717, 1.165) is 36.6 Å². The van der Waals surface area contributed by atoms with Gasteiger partial charge < -0.3 is 9.88 Å². The Bertz CT molecular complexity index is 627. The fourth-order valence-corrected chi connectivity index (χ4v) is 4.98. The third-order valence-corrected chi connectivity index (χ3v) is 6.15. The molecule has 22 heavy (non-hydrogen) atoms. The fourth-order valence-electron chi connectivity index (χ4n) is 3.69. The molecule has 4 heterocycles. The first-order valence-corrected chi connectivity index (χ1v) is 9.64. The summed E-state index contributed by atoms with van der Waals surface area (Å²) < 4.78 is 2.41. The average molecular weight is 316 g/mol. The summed E-state index contributed by atoms with van der Waals surface area (Å²) in [5.41, 5.74) is 2.14. The molecule has 2 aromatic heterocycles. The van der Waals surface area contributed by atoms with Crippen LogP contribution in [0.4, 0.5) is 0 Å². The molecule has 2 fully saturated rings. The summed E-state index contributed by atoms with van der Waals surface area (Å²) >= 11 is 2.09. The van der Waals surface area contributed by atoms with E-state index in [0.29, 0.717) is 5.92 Å². The normalized spacial score (nSPS) is 25.8. The molecular weight excluding hydrogens is 292 g/mol. The molecule has 2 atom stereocenters. The van der Waals surface area contributed by atoms with Gasteiger partial charge in [-0.3, -0.25) is 0 Å². The van der Waals surface area contributed by atoms with Crippen LogP contribution in [-0.2, 0) is 13.0 Å². The molecule has 0 spiro atoms. The van der Waals surface area contributed by atoms with Gasteiger partial charge in [0, 0.05) is 19.2 Å². The van der Waals surface area contributed by atoms with Crippen LogP contribution in [0.15, 0.2) is 18.3 Å². The Morgan fingerprint density at radius 3 is 3.14 bits per heavy atom. The molecule has 2 aliphatic heterocycles. The Kier molecular flexibility index (Phi) is 4.35. The van der Waals surface area contributed by atoms with Crippen LogP contribution in [0.5, 0.6) is 0 Å². The lowest BCUT2D eigenvalue weighted by molar-refractivity contribution is 0.334. The van der Waals surface area contributed by atoms with E-state index in [9.17, 15) is 0 Å². The minimum Gasteiger partial charge on any atom is -0.316 e. The van der Waals surface area contributed by atoms with Crippen molar-refractivity contribution in [2.24, 2.45) is 11.8 Å². The van der Waals surface area contributed by atoms with Gasteiger partial charge in [0.2, 0.25) is 0 Å². The number of aromatic nitrogens is 3. The SMILES string of the molecule is c1cnc2c(c1)nc(CC1CCSC1)n2CC1CCCNC1. The average Bonchev–Trinajstić information content (AvgIpc) is 3.18. The molecule has 0 saturated carbocycles. The van der Waals surface area contributed by atoms with Crippen LogP contribution in [0.1, 0.15) is 25.1 Å². The summed E-state index contributed by atoms with van der Waals surface area (Å²) in [6.45, 7) is 3.37. The van der Waals surface area contributed by atoms with E-state index >= 15 is 0 Å². The highest BCUT2D eigenvalue weighted by Gasteiger charge is 2.22. The number of pyridine rings is 1. The highest BCUT2D eigenvalue weighted by molar-refractivity contribution is 7.99. The molecule has 0 bridgehead atoms. The summed E-state index contributed by atoms with van der Waals surface area (Å²) in [6.07, 6.45) is 6.96. The zero-order valence-corrected chi connectivity index (χ0v) is 13.8. The van der Waals surface area contributed by atoms with E-state index in [1.807, 2.05) is 12.3 Å². The summed E-state index contributed by atoms with van der Waals surface area (Å²) in [5.74, 6) is 5.37. The van der Waals surface area contributed by atoms with Crippen LogP contribution in [0.2, 0.25) is 0 Å². The number of nitrogens with one attached hydrogen (secondary N) is 1. The van der Waals surface area contributed by atoms with Crippen LogP contribution in [-0.4, -0.2) is 39.1 Å². The third kappa shape index (κ3) is 3.01. The van der Waals surface area contributed by atoms with Crippen molar-refractivity contribution in [1.29, 1.82) is 0 Å². The number of rotatable bonds is 4. The first kappa shape index (κ1) is 14.5. The first-order valence-electron chi connectivity index (χ1n) is 8.49. The van der Waals surface area contributed by atoms with Crippen molar-refractivity contribution in [2.45, 2.75) is 32.2 Å². The quantitative estimate of drug-likeness (QED) is 0.942. The van der Waals surface area contributed by atoms with Crippen molar-refractivity contribution in [3.05, 3.63) is 24.2 Å². The van der Waals surface area contributed by atoms with E-state index in [4.69, 9.17) is 4.98 Å². The Morgan fingerprint density at radius 1 is 1.32 bits per heavy atom. The molecule has 2 unspecified atom stereocenters. The van der Waals surface area contributed by atoms with Gasteiger partial charge in [-0.25, -0.2) is 9.97 Å². The standard InChI is InChI=1S/C17H24N4S/c1-3-14(10-18-6-1)11-21-16(9-13-5-8-22-12-13)20-15-4-2-7-19-17(15)21/h2,4,7,13-14,18H,1,3,5-6,8-12H2. The summed E-state index contributed by atoms with van der Waals surface area (Å²) in [7, 11) is 0. The number of nitrogens with zero attached hydrogens (tertiary/aromatic N) is 3. The summed E-state index contributed by atoms with van der Waals surface area (Å²) in [4.78, 5) is 9.53. The van der Waals surface area contributed by atoms with Crippen molar-refractivity contribution in [3.8, 4) is 0 Å². The largest absolute Gasteiger partial charge is 0.316 e. The molecule has 2 aliphatic rings. The van der Waals surface area contributed by atoms with Crippen molar-refractivity contribution in [3.63, 3.8) is 0 Å². The third-order valence-electron chi connectivity index (χ3n) is 4.92. The Hall–Kier alpha value is -1.07. The second-order valence-electron chi connectivity index (χ2n) is 6.63. The molecule has 0 amide bonds. The molecule has 0 aliphatic carbocycles. The van der Waals surface area contributed by atoms with E-state index < -0.39 is 0 Å². The van der Waals surface area contributed by atoms with Crippen LogP contribution < -0.4 is 5.32 Å². The highest BCUT2D eigenvalue weighted by Crippen LogP contribution is 2.28. The van der Waals surface area contributed by atoms with Crippen LogP contribution in [0.25, 0.3) is 11.2 Å². The van der Waals surface area contributed by atoms with E-state index in [2.05, 4.69) is 32.7 Å². The minimum atomic E-state index is 0.713. The summed E-state index contributed by atoms with van der Waals surface area (Å²) in [5, 5.41) is 3.53. The molecule has 118 valence electrons. The van der Waals surface area contributed by atoms with E-state index in [1.165, 1.54) is 43.1 Å². The van der Waals surface area contributed by atoms with Crippen LogP contribution in [0, 0.1) is 11.8 Å². The summed E-state index contributed by atoms with van der Waals surface area (Å²) in [6, 6.07) is 4.10. The molecule has 4 rings (SSSR count). The zero-order chi connectivity index (χ0) is 14.8. The van der Waals surface area contributed by atoms with Crippen molar-refractivity contribution in [1.82, 2.24) is 19.9 Å². The van der Waals surface area contributed by atoms with Gasteiger partial charge in [-0.05, 0) is 67.8 Å². The van der Waals surface area contributed by atoms with Crippen molar-refractivity contribution in [2.75, 3.05) is 24.6 Å². The van der Waals surface area contributed by atoms with Gasteiger partial charge in [0.05, 0.1) is 0 Å². The molecule has 1 N–H and O–H groups in total. The van der Waals surface area contributed by atoms with Crippen LogP contribution in [0.3, 0.4) is 0 Å². The predicted octanol–water partition coefficient (Wildman–Crippen LogP) is 2.73. The molecule has 0 radical (unpaired) electrons. The Morgan fingerprint density at radius 2 is 2.32 bits per heavy atom. The van der Waals surface area contributed by atoms with Gasteiger partial charge in [0.1, 0.15) is 11.3 Å². The molecule has 2 aromatic rings. The molecule has 2 saturated heterocycles. The number of piperidine rings is 1. The molecule has 0 aromatic carbocycles. The maximum Gasteiger partial charge on any atom is 0.159 e. The smallest absolute Gasteiger partial charge is 0.159 e. The number of hydrogen-bond donors (Lipinski definition) is 1. The molecule has 4 nitrogen and oxygen atoms in total. The zero-order valence-electron chi connectivity index (χ0n) is 13.0. The van der Waals surface area contributed by atoms with Gasteiger partial charge in [0.15, 0.2) is 5.65 Å². The van der Waals surface area contributed by atoms with Gasteiger partial charge in [-0.2, -0.15) is 11.8 Å². The lowest BCUT2D eigenvalue weighted by atomic mass is 9.99. The number of imidazole rings is 1. The van der Waals surface area contributed by atoms with Gasteiger partial charge in [-0.15, -0.1) is 0 Å². The molecular formula is C17H24N4S. The minimum absolute atomic E-state index is 0.713. The van der Waals surface area contributed by atoms with Gasteiger partial charge in [0.25, 0.3) is 0 Å². The maximum atomic E-state index is 4.91. The number of thioether (sulfide) groups is 1. The topological polar surface area (TPSA) is 42.7 Å². The number of fused-ring (bicyclic) bond motifs is 1. The van der Waals surface area contributed by atoms with Crippen molar-refractivity contribution < 1.29 is 0 Å². The predicted molar refractivity (Wildman–Crippen MR) is 92.3 cm³/mol. The fraction of sp³-hybridized carbons (Fsp3) is 0.647. The monoisotopic (exact) mass is 316 g/mol. The highest BCUT2D eigenvalue weighted by atomic mass is 32.2.